The average molecular weight is 222 g/mol. The molecule has 16 heavy (non-hydrogen) atoms. The number of nitrogens with one attached hydrogen (secondary N) is 1. The van der Waals surface area contributed by atoms with E-state index in [9.17, 15) is 4.79 Å². The third-order valence-electron chi connectivity index (χ3n) is 4.96. The number of piperidine rings is 1. The molecule has 1 amide bonds. The molecule has 5 atom stereocenters. The van der Waals surface area contributed by atoms with Crippen LogP contribution in [0, 0.1) is 23.7 Å². The van der Waals surface area contributed by atoms with Crippen molar-refractivity contribution in [3.8, 4) is 0 Å². The Morgan fingerprint density at radius 1 is 1.25 bits per heavy atom. The molecule has 2 bridgehead atoms. The summed E-state index contributed by atoms with van der Waals surface area (Å²) >= 11 is 0. The van der Waals surface area contributed by atoms with Crippen LogP contribution < -0.4 is 5.32 Å². The number of carbonyl (C=O) groups is 1. The molecule has 0 aromatic carbocycles. The molecule has 1 N–H and O–H groups in total. The molecule has 1 saturated heterocycles. The molecule has 3 rings (SSSR count). The average Bonchev–Trinajstić information content (AvgIpc) is 2.72. The Morgan fingerprint density at radius 2 is 2.00 bits per heavy atom. The standard InChI is InChI=1S/C13H22N2O/c1-15(2)7-12-10-6-11(13(16)14-12)9-5-3-4-8(9)10/h8-12H,3-7H2,1-2H3,(H,14,16)/t8-,9+,10-,11+,12-/m0/s1. The number of carbonyl (C=O) groups excluding carboxylic acids is 1. The summed E-state index contributed by atoms with van der Waals surface area (Å²) in [5, 5.41) is 3.26. The summed E-state index contributed by atoms with van der Waals surface area (Å²) < 4.78 is 0. The van der Waals surface area contributed by atoms with Crippen LogP contribution in [-0.4, -0.2) is 37.5 Å². The van der Waals surface area contributed by atoms with Gasteiger partial charge in [0.05, 0.1) is 0 Å². The molecule has 0 spiro atoms. The molecule has 0 aromatic rings. The van der Waals surface area contributed by atoms with Crippen molar-refractivity contribution in [2.45, 2.75) is 31.7 Å². The van der Waals surface area contributed by atoms with Crippen LogP contribution in [0.15, 0.2) is 0 Å². The lowest BCUT2D eigenvalue weighted by Gasteiger charge is -2.33. The molecule has 3 fully saturated rings. The highest BCUT2D eigenvalue weighted by molar-refractivity contribution is 5.81. The zero-order chi connectivity index (χ0) is 11.3. The van der Waals surface area contributed by atoms with E-state index >= 15 is 0 Å². The van der Waals surface area contributed by atoms with Crippen LogP contribution in [0.3, 0.4) is 0 Å². The second kappa shape index (κ2) is 3.73. The van der Waals surface area contributed by atoms with Crippen LogP contribution in [0.2, 0.25) is 0 Å². The zero-order valence-corrected chi connectivity index (χ0v) is 10.3. The largest absolute Gasteiger partial charge is 0.352 e. The first-order chi connectivity index (χ1) is 7.66. The highest BCUT2D eigenvalue weighted by atomic mass is 16.2. The molecule has 3 aliphatic rings. The molecule has 2 aliphatic carbocycles. The van der Waals surface area contributed by atoms with Gasteiger partial charge in [-0.3, -0.25) is 4.79 Å². The quantitative estimate of drug-likeness (QED) is 0.759. The topological polar surface area (TPSA) is 32.3 Å². The minimum Gasteiger partial charge on any atom is -0.352 e. The zero-order valence-electron chi connectivity index (χ0n) is 10.3. The van der Waals surface area contributed by atoms with Crippen molar-refractivity contribution in [2.75, 3.05) is 20.6 Å². The third kappa shape index (κ3) is 1.48. The van der Waals surface area contributed by atoms with E-state index in [1.165, 1.54) is 25.7 Å². The Bertz CT molecular complexity index is 302. The number of hydrogen-bond acceptors (Lipinski definition) is 2. The predicted octanol–water partition coefficient (Wildman–Crippen LogP) is 1.10. The van der Waals surface area contributed by atoms with E-state index in [-0.39, 0.29) is 0 Å². The molecular weight excluding hydrogens is 200 g/mol. The van der Waals surface area contributed by atoms with Gasteiger partial charge in [0.25, 0.3) is 0 Å². The van der Waals surface area contributed by atoms with Gasteiger partial charge in [-0.05, 0) is 51.1 Å². The van der Waals surface area contributed by atoms with Crippen molar-refractivity contribution in [3.63, 3.8) is 0 Å². The molecule has 3 heteroatoms. The summed E-state index contributed by atoms with van der Waals surface area (Å²) in [6.07, 6.45) is 5.18. The second-order valence-corrected chi connectivity index (χ2v) is 6.14. The van der Waals surface area contributed by atoms with E-state index in [1.54, 1.807) is 0 Å². The number of nitrogens with zero attached hydrogens (tertiary/aromatic N) is 1. The maximum atomic E-state index is 12.1. The Kier molecular flexibility index (Phi) is 2.46. The van der Waals surface area contributed by atoms with E-state index in [2.05, 4.69) is 24.3 Å². The predicted molar refractivity (Wildman–Crippen MR) is 62.9 cm³/mol. The molecule has 0 radical (unpaired) electrons. The van der Waals surface area contributed by atoms with Gasteiger partial charge >= 0.3 is 0 Å². The number of rotatable bonds is 2. The van der Waals surface area contributed by atoms with Gasteiger partial charge in [0.1, 0.15) is 0 Å². The van der Waals surface area contributed by atoms with Crippen molar-refractivity contribution >= 4 is 5.91 Å². The molecule has 2 saturated carbocycles. The van der Waals surface area contributed by atoms with Crippen molar-refractivity contribution in [2.24, 2.45) is 23.7 Å². The van der Waals surface area contributed by atoms with E-state index in [0.717, 1.165) is 24.3 Å². The fourth-order valence-electron chi connectivity index (χ4n) is 4.43. The first-order valence-corrected chi connectivity index (χ1v) is 6.62. The highest BCUT2D eigenvalue weighted by Crippen LogP contribution is 2.53. The SMILES string of the molecule is CN(C)C[C@@H]1NC(=O)[C@@H]2C[C@H]1[C@H]1CCC[C@H]12. The molecule has 0 aromatic heterocycles. The lowest BCUT2D eigenvalue weighted by molar-refractivity contribution is -0.128. The van der Waals surface area contributed by atoms with Crippen LogP contribution in [0.1, 0.15) is 25.7 Å². The van der Waals surface area contributed by atoms with Crippen molar-refractivity contribution in [1.29, 1.82) is 0 Å². The first kappa shape index (κ1) is 10.6. The fraction of sp³-hybridized carbons (Fsp3) is 0.923. The van der Waals surface area contributed by atoms with Gasteiger partial charge in [-0.2, -0.15) is 0 Å². The molecular formula is C13H22N2O. The van der Waals surface area contributed by atoms with Gasteiger partial charge < -0.3 is 10.2 Å². The summed E-state index contributed by atoms with van der Waals surface area (Å²) in [7, 11) is 4.19. The second-order valence-electron chi connectivity index (χ2n) is 6.14. The monoisotopic (exact) mass is 222 g/mol. The van der Waals surface area contributed by atoms with Crippen molar-refractivity contribution in [1.82, 2.24) is 10.2 Å². The van der Waals surface area contributed by atoms with Crippen molar-refractivity contribution < 1.29 is 4.79 Å². The van der Waals surface area contributed by atoms with Crippen LogP contribution >= 0.6 is 0 Å². The fourth-order valence-corrected chi connectivity index (χ4v) is 4.43. The normalized spacial score (nSPS) is 45.9. The maximum absolute atomic E-state index is 12.1. The van der Waals surface area contributed by atoms with Crippen LogP contribution in [-0.2, 0) is 4.79 Å². The lowest BCUT2D eigenvalue weighted by atomic mass is 9.86. The molecule has 0 unspecified atom stereocenters. The van der Waals surface area contributed by atoms with Crippen molar-refractivity contribution in [3.05, 3.63) is 0 Å². The molecule has 1 heterocycles. The number of likely N-dealkylation sites (N-methyl/N-ethyl adjacent to an activating group) is 1. The van der Waals surface area contributed by atoms with Gasteiger partial charge in [-0.15, -0.1) is 0 Å². The third-order valence-corrected chi connectivity index (χ3v) is 4.96. The first-order valence-electron chi connectivity index (χ1n) is 6.62. The number of hydrogen-bond donors (Lipinski definition) is 1. The smallest absolute Gasteiger partial charge is 0.223 e. The summed E-state index contributed by atoms with van der Waals surface area (Å²) in [5.41, 5.74) is 0. The molecule has 90 valence electrons. The van der Waals surface area contributed by atoms with Gasteiger partial charge in [0.15, 0.2) is 0 Å². The lowest BCUT2D eigenvalue weighted by Crippen LogP contribution is -2.51. The Hall–Kier alpha value is -0.570. The van der Waals surface area contributed by atoms with Crippen LogP contribution in [0.4, 0.5) is 0 Å². The van der Waals surface area contributed by atoms with E-state index < -0.39 is 0 Å². The molecule has 3 nitrogen and oxygen atoms in total. The summed E-state index contributed by atoms with van der Waals surface area (Å²) in [5.74, 6) is 3.03. The van der Waals surface area contributed by atoms with Crippen LogP contribution in [0.5, 0.6) is 0 Å². The van der Waals surface area contributed by atoms with Gasteiger partial charge in [-0.25, -0.2) is 0 Å². The van der Waals surface area contributed by atoms with E-state index in [4.69, 9.17) is 0 Å². The maximum Gasteiger partial charge on any atom is 0.223 e. The Balaban J connectivity index is 1.81. The summed E-state index contributed by atoms with van der Waals surface area (Å²) in [6.45, 7) is 1.01. The van der Waals surface area contributed by atoms with Gasteiger partial charge in [-0.1, -0.05) is 6.42 Å². The Morgan fingerprint density at radius 3 is 2.75 bits per heavy atom. The number of amides is 1. The van der Waals surface area contributed by atoms with E-state index in [0.29, 0.717) is 17.9 Å². The van der Waals surface area contributed by atoms with Crippen LogP contribution in [0.25, 0.3) is 0 Å². The van der Waals surface area contributed by atoms with E-state index in [1.807, 2.05) is 0 Å². The van der Waals surface area contributed by atoms with Gasteiger partial charge in [0.2, 0.25) is 5.91 Å². The number of fused-ring (bicyclic) bond motifs is 5. The summed E-state index contributed by atoms with van der Waals surface area (Å²) in [4.78, 5) is 14.3. The minimum absolute atomic E-state index is 0.345. The highest BCUT2D eigenvalue weighted by Gasteiger charge is 2.54. The van der Waals surface area contributed by atoms with Gasteiger partial charge in [0, 0.05) is 18.5 Å². The molecule has 1 aliphatic heterocycles. The summed E-state index contributed by atoms with van der Waals surface area (Å²) in [6, 6.07) is 0.409. The Labute approximate surface area is 97.6 Å². The minimum atomic E-state index is 0.345.